The minimum atomic E-state index is 0.908. The highest BCUT2D eigenvalue weighted by Crippen LogP contribution is 2.18. The Morgan fingerprint density at radius 1 is 1.14 bits per heavy atom. The fraction of sp³-hybridized carbons (Fsp3) is 0.846. The number of rotatable bonds is 9. The van der Waals surface area contributed by atoms with Crippen molar-refractivity contribution in [2.24, 2.45) is 0 Å². The molecule has 0 amide bonds. The Morgan fingerprint density at radius 3 is 2.43 bits per heavy atom. The summed E-state index contributed by atoms with van der Waals surface area (Å²) in [6.07, 6.45) is 16.3. The Kier molecular flexibility index (Phi) is 11.2. The number of hydrogen-bond donors (Lipinski definition) is 0. The van der Waals surface area contributed by atoms with Crippen LogP contribution in [0.2, 0.25) is 0 Å². The van der Waals surface area contributed by atoms with Crippen LogP contribution in [0, 0.1) is 0 Å². The number of hydrogen-bond acceptors (Lipinski definition) is 1. The van der Waals surface area contributed by atoms with Crippen molar-refractivity contribution < 1.29 is 0 Å². The molecule has 0 aromatic carbocycles. The summed E-state index contributed by atoms with van der Waals surface area (Å²) in [7, 11) is 0. The quantitative estimate of drug-likeness (QED) is 0.382. The Bertz CT molecular complexity index is 125. The third-order valence-corrected chi connectivity index (χ3v) is 3.91. The summed E-state index contributed by atoms with van der Waals surface area (Å²) in [6.45, 7) is 4.40. The standard InChI is InChI=1S/C13H26S/c1-4-6-7-8-9-10-11-12-13(5-2)14-3/h4,6,13H,5,7-12H2,1-3H3. The lowest BCUT2D eigenvalue weighted by atomic mass is 10.1. The van der Waals surface area contributed by atoms with Crippen LogP contribution in [-0.4, -0.2) is 11.5 Å². The van der Waals surface area contributed by atoms with Crippen LogP contribution in [0.3, 0.4) is 0 Å². The second-order valence-corrected chi connectivity index (χ2v) is 4.96. The molecule has 0 fully saturated rings. The maximum absolute atomic E-state index is 2.30. The topological polar surface area (TPSA) is 0 Å². The molecule has 0 radical (unpaired) electrons. The summed E-state index contributed by atoms with van der Waals surface area (Å²) < 4.78 is 0. The summed E-state index contributed by atoms with van der Waals surface area (Å²) in [5.41, 5.74) is 0. The molecular formula is C13H26S. The third kappa shape index (κ3) is 8.68. The highest BCUT2D eigenvalue weighted by molar-refractivity contribution is 7.99. The highest BCUT2D eigenvalue weighted by atomic mass is 32.2. The van der Waals surface area contributed by atoms with Crippen LogP contribution < -0.4 is 0 Å². The average Bonchev–Trinajstić information content (AvgIpc) is 2.22. The van der Waals surface area contributed by atoms with E-state index in [9.17, 15) is 0 Å². The Labute approximate surface area is 94.6 Å². The minimum Gasteiger partial charge on any atom is -0.162 e. The molecule has 0 aliphatic rings. The number of unbranched alkanes of at least 4 members (excludes halogenated alkanes) is 4. The van der Waals surface area contributed by atoms with E-state index in [1.54, 1.807) is 0 Å². The Balaban J connectivity index is 3.12. The second-order valence-electron chi connectivity index (χ2n) is 3.83. The normalized spacial score (nSPS) is 13.6. The van der Waals surface area contributed by atoms with Crippen LogP contribution in [0.4, 0.5) is 0 Å². The van der Waals surface area contributed by atoms with Crippen LogP contribution in [0.15, 0.2) is 12.2 Å². The Morgan fingerprint density at radius 2 is 1.86 bits per heavy atom. The molecule has 0 aromatic rings. The number of allylic oxidation sites excluding steroid dienone is 2. The van der Waals surface area contributed by atoms with Crippen molar-refractivity contribution in [2.75, 3.05) is 6.26 Å². The summed E-state index contributed by atoms with van der Waals surface area (Å²) in [5, 5.41) is 0.908. The molecule has 0 bridgehead atoms. The molecule has 84 valence electrons. The first-order chi connectivity index (χ1) is 6.85. The first kappa shape index (κ1) is 14.1. The van der Waals surface area contributed by atoms with Gasteiger partial charge in [0.05, 0.1) is 0 Å². The fourth-order valence-electron chi connectivity index (χ4n) is 1.64. The molecule has 1 unspecified atom stereocenters. The van der Waals surface area contributed by atoms with E-state index in [-0.39, 0.29) is 0 Å². The van der Waals surface area contributed by atoms with E-state index in [0.29, 0.717) is 0 Å². The first-order valence-corrected chi connectivity index (χ1v) is 7.27. The molecule has 1 atom stereocenters. The molecule has 0 aliphatic carbocycles. The Hall–Kier alpha value is 0.0900. The smallest absolute Gasteiger partial charge is 0.00416 e. The lowest BCUT2D eigenvalue weighted by Crippen LogP contribution is -1.99. The van der Waals surface area contributed by atoms with Gasteiger partial charge in [-0.2, -0.15) is 11.8 Å². The summed E-state index contributed by atoms with van der Waals surface area (Å²) >= 11 is 2.03. The van der Waals surface area contributed by atoms with Gasteiger partial charge in [0, 0.05) is 5.25 Å². The van der Waals surface area contributed by atoms with Crippen molar-refractivity contribution in [2.45, 2.75) is 64.0 Å². The van der Waals surface area contributed by atoms with Gasteiger partial charge < -0.3 is 0 Å². The number of thioether (sulfide) groups is 1. The van der Waals surface area contributed by atoms with Gasteiger partial charge in [-0.15, -0.1) is 0 Å². The molecule has 0 saturated heterocycles. The van der Waals surface area contributed by atoms with Gasteiger partial charge in [-0.25, -0.2) is 0 Å². The van der Waals surface area contributed by atoms with Gasteiger partial charge in [-0.3, -0.25) is 0 Å². The van der Waals surface area contributed by atoms with Gasteiger partial charge in [0.2, 0.25) is 0 Å². The van der Waals surface area contributed by atoms with Crippen LogP contribution in [0.1, 0.15) is 58.8 Å². The molecule has 0 saturated carbocycles. The van der Waals surface area contributed by atoms with Gasteiger partial charge in [0.25, 0.3) is 0 Å². The van der Waals surface area contributed by atoms with Crippen molar-refractivity contribution in [1.29, 1.82) is 0 Å². The lowest BCUT2D eigenvalue weighted by molar-refractivity contribution is 0.600. The fourth-order valence-corrected chi connectivity index (χ4v) is 2.38. The van der Waals surface area contributed by atoms with Crippen molar-refractivity contribution in [3.05, 3.63) is 12.2 Å². The van der Waals surface area contributed by atoms with E-state index < -0.39 is 0 Å². The van der Waals surface area contributed by atoms with Gasteiger partial charge in [-0.1, -0.05) is 38.3 Å². The highest BCUT2D eigenvalue weighted by Gasteiger charge is 2.02. The van der Waals surface area contributed by atoms with Gasteiger partial charge in [0.1, 0.15) is 0 Å². The van der Waals surface area contributed by atoms with Crippen molar-refractivity contribution in [3.8, 4) is 0 Å². The summed E-state index contributed by atoms with van der Waals surface area (Å²) in [6, 6.07) is 0. The van der Waals surface area contributed by atoms with E-state index in [0.717, 1.165) is 5.25 Å². The van der Waals surface area contributed by atoms with E-state index in [2.05, 4.69) is 32.3 Å². The van der Waals surface area contributed by atoms with E-state index in [1.165, 1.54) is 44.9 Å². The molecular weight excluding hydrogens is 188 g/mol. The van der Waals surface area contributed by atoms with Crippen molar-refractivity contribution >= 4 is 11.8 Å². The molecule has 0 nitrogen and oxygen atoms in total. The van der Waals surface area contributed by atoms with Crippen LogP contribution in [0.25, 0.3) is 0 Å². The molecule has 0 aliphatic heterocycles. The molecule has 14 heavy (non-hydrogen) atoms. The zero-order chi connectivity index (χ0) is 10.6. The lowest BCUT2D eigenvalue weighted by Gasteiger charge is -2.10. The van der Waals surface area contributed by atoms with E-state index in [1.807, 2.05) is 11.8 Å². The SMILES string of the molecule is CC=CCCCCCCC(CC)SC. The monoisotopic (exact) mass is 214 g/mol. The maximum atomic E-state index is 2.30. The van der Waals surface area contributed by atoms with Crippen molar-refractivity contribution in [3.63, 3.8) is 0 Å². The molecule has 0 heterocycles. The largest absolute Gasteiger partial charge is 0.162 e. The zero-order valence-electron chi connectivity index (χ0n) is 10.1. The summed E-state index contributed by atoms with van der Waals surface area (Å²) in [4.78, 5) is 0. The predicted octanol–water partition coefficient (Wildman–Crippen LogP) is 5.04. The van der Waals surface area contributed by atoms with Gasteiger partial charge in [-0.05, 0) is 38.9 Å². The average molecular weight is 214 g/mol. The van der Waals surface area contributed by atoms with Gasteiger partial charge in [0.15, 0.2) is 0 Å². The van der Waals surface area contributed by atoms with Crippen molar-refractivity contribution in [1.82, 2.24) is 0 Å². The molecule has 0 spiro atoms. The zero-order valence-corrected chi connectivity index (χ0v) is 10.9. The van der Waals surface area contributed by atoms with Crippen LogP contribution in [0.5, 0.6) is 0 Å². The molecule has 1 heteroatoms. The van der Waals surface area contributed by atoms with Gasteiger partial charge >= 0.3 is 0 Å². The minimum absolute atomic E-state index is 0.908. The molecule has 0 rings (SSSR count). The second kappa shape index (κ2) is 11.2. The molecule has 0 aromatic heterocycles. The molecule has 0 N–H and O–H groups in total. The third-order valence-electron chi connectivity index (χ3n) is 2.67. The maximum Gasteiger partial charge on any atom is 0.00416 e. The summed E-state index contributed by atoms with van der Waals surface area (Å²) in [5.74, 6) is 0. The van der Waals surface area contributed by atoms with Crippen LogP contribution in [-0.2, 0) is 0 Å². The predicted molar refractivity (Wildman–Crippen MR) is 70.1 cm³/mol. The van der Waals surface area contributed by atoms with Crippen LogP contribution >= 0.6 is 11.8 Å². The van der Waals surface area contributed by atoms with E-state index in [4.69, 9.17) is 0 Å². The first-order valence-electron chi connectivity index (χ1n) is 5.99. The van der Waals surface area contributed by atoms with E-state index >= 15 is 0 Å².